The summed E-state index contributed by atoms with van der Waals surface area (Å²) in [5.41, 5.74) is 0. The number of hydrogen-bond donors (Lipinski definition) is 16. The molecule has 3 aliphatic rings. The standard InChI is InChI=1S/C64H99N9O33/c1-4-65-45(84)16-12-37(78)23-67-46(85)26-71(29-52(91)92)50(89)18-14-39(80)25-69-48(87)28-73(31-54(95)96)51(90)19-15-40(81)24-68-47(86)27-72(30-53(93)94)49(88)17-13-38(79)22-66-44(83)11-6-5-9-36(77)10-7-8-20-101-64-62(105-55-21-41(82)57(97)34(2)102-55)61(59(99)43(33-75)104-64)106-63-56(70-35(3)76)60(100)58(98)42(32-74)103-63/h34,41-43,55-64,74-75,82,97-100H,4-33H2,1-3H3,(H,65,84)(H,66,83)(H,67,85)(H,68,86)(H,69,87)(H,70,76)(H,91,92)(H,93,94)(H,95,96)/t34?,41?,42?,43?,55-,56?,57+,58-,59-,60+,61-,62?,63+,64+/m0/s1. The monoisotopic (exact) mass is 1520 g/mol. The second-order valence-corrected chi connectivity index (χ2v) is 25.1. The SMILES string of the molecule is CCNC(=O)CCC(=O)CNC(=O)CN(CC(=O)O)C(=O)CCC(=O)CNC(=O)CN(CC(=O)O)C(=O)CCC(=O)CNC(=O)CN(CC(=O)O)C(=O)CCC(=O)CNC(=O)CCCCC(=O)CCCCO[C@@H]1OC(CO)[C@H](O)[C@H](O[C@H]2OC(CO)[C@H](O)[C@H](O)C2NC(C)=O)C1O[C@H]1CC(O)[C@H](O)C(C)O1. The van der Waals surface area contributed by atoms with Crippen LogP contribution in [-0.2, 0) is 110 Å². The van der Waals surface area contributed by atoms with Crippen molar-refractivity contribution in [1.82, 2.24) is 46.6 Å². The summed E-state index contributed by atoms with van der Waals surface area (Å²) in [5.74, 6) is -15.2. The molecule has 3 rings (SSSR count). The number of ketones is 5. The Morgan fingerprint density at radius 2 is 0.830 bits per heavy atom. The fraction of sp³-hybridized carbons (Fsp3) is 0.734. The van der Waals surface area contributed by atoms with Crippen LogP contribution in [0, 0.1) is 0 Å². The molecule has 14 atom stereocenters. The third-order valence-electron chi connectivity index (χ3n) is 16.4. The van der Waals surface area contributed by atoms with Gasteiger partial charge >= 0.3 is 17.9 Å². The van der Waals surface area contributed by atoms with Gasteiger partial charge < -0.3 is 126 Å². The first-order chi connectivity index (χ1) is 50.0. The second-order valence-electron chi connectivity index (χ2n) is 25.1. The minimum Gasteiger partial charge on any atom is -0.480 e. The van der Waals surface area contributed by atoms with Crippen molar-refractivity contribution in [2.24, 2.45) is 0 Å². The fourth-order valence-corrected chi connectivity index (χ4v) is 10.7. The zero-order chi connectivity index (χ0) is 79.3. The van der Waals surface area contributed by atoms with E-state index in [9.17, 15) is 133 Å². The van der Waals surface area contributed by atoms with E-state index in [0.29, 0.717) is 21.2 Å². The molecule has 106 heavy (non-hydrogen) atoms. The van der Waals surface area contributed by atoms with E-state index < -0.39 is 291 Å². The zero-order valence-electron chi connectivity index (χ0n) is 59.0. The van der Waals surface area contributed by atoms with Crippen molar-refractivity contribution in [2.75, 3.05) is 91.8 Å². The third kappa shape index (κ3) is 34.4. The number of aliphatic carboxylic acids is 3. The van der Waals surface area contributed by atoms with Crippen molar-refractivity contribution in [2.45, 2.75) is 209 Å². The first kappa shape index (κ1) is 91.7. The Morgan fingerprint density at radius 1 is 0.425 bits per heavy atom. The van der Waals surface area contributed by atoms with Gasteiger partial charge in [0.15, 0.2) is 42.0 Å². The van der Waals surface area contributed by atoms with E-state index in [0.717, 1.165) is 6.92 Å². The molecule has 16 N–H and O–H groups in total. The number of ether oxygens (including phenoxy) is 6. The topological polar surface area (TPSA) is 630 Å². The summed E-state index contributed by atoms with van der Waals surface area (Å²) in [6, 6.07) is -1.47. The van der Waals surface area contributed by atoms with Gasteiger partial charge in [0, 0.05) is 97.1 Å². The fourth-order valence-electron chi connectivity index (χ4n) is 10.7. The number of nitrogens with one attached hydrogen (secondary N) is 6. The molecule has 0 aromatic rings. The van der Waals surface area contributed by atoms with Gasteiger partial charge in [-0.25, -0.2) is 0 Å². The molecule has 0 saturated carbocycles. The third-order valence-corrected chi connectivity index (χ3v) is 16.4. The van der Waals surface area contributed by atoms with Crippen molar-refractivity contribution in [3.63, 3.8) is 0 Å². The van der Waals surface area contributed by atoms with Crippen LogP contribution in [0.4, 0.5) is 0 Å². The van der Waals surface area contributed by atoms with Crippen LogP contribution in [0.2, 0.25) is 0 Å². The number of hydrogen-bond acceptors (Lipinski definition) is 30. The lowest BCUT2D eigenvalue weighted by Crippen LogP contribution is -2.68. The average molecular weight is 1520 g/mol. The molecular weight excluding hydrogens is 1420 g/mol. The quantitative estimate of drug-likeness (QED) is 0.0252. The van der Waals surface area contributed by atoms with Crippen LogP contribution in [0.3, 0.4) is 0 Å². The average Bonchev–Trinajstić information content (AvgIpc) is 0.774. The summed E-state index contributed by atoms with van der Waals surface area (Å²) in [6.07, 6.45) is -22.3. The van der Waals surface area contributed by atoms with E-state index in [1.165, 1.54) is 6.92 Å². The van der Waals surface area contributed by atoms with Crippen LogP contribution in [0.25, 0.3) is 0 Å². The molecule has 42 heteroatoms. The summed E-state index contributed by atoms with van der Waals surface area (Å²) < 4.78 is 35.7. The summed E-state index contributed by atoms with van der Waals surface area (Å²) >= 11 is 0. The number of Topliss-reactive ketones (excluding diaryl/α,β-unsaturated/α-hetero) is 5. The molecule has 0 aromatic carbocycles. The lowest BCUT2D eigenvalue weighted by atomic mass is 9.95. The first-order valence-corrected chi connectivity index (χ1v) is 34.2. The molecule has 3 saturated heterocycles. The van der Waals surface area contributed by atoms with Gasteiger partial charge in [0.05, 0.1) is 51.6 Å². The smallest absolute Gasteiger partial charge is 0.323 e. The Balaban J connectivity index is 1.39. The minimum atomic E-state index is -1.75. The lowest BCUT2D eigenvalue weighted by molar-refractivity contribution is -0.375. The number of rotatable bonds is 51. The molecule has 9 amide bonds. The molecule has 42 nitrogen and oxygen atoms in total. The number of nitrogens with zero attached hydrogens (tertiary/aromatic N) is 3. The largest absolute Gasteiger partial charge is 0.480 e. The molecule has 598 valence electrons. The summed E-state index contributed by atoms with van der Waals surface area (Å²) in [6.45, 7) is -5.34. The van der Waals surface area contributed by atoms with Gasteiger partial charge in [-0.15, -0.1) is 0 Å². The molecule has 6 unspecified atom stereocenters. The van der Waals surface area contributed by atoms with Gasteiger partial charge in [0.25, 0.3) is 0 Å². The Labute approximate surface area is 607 Å². The highest BCUT2D eigenvalue weighted by Gasteiger charge is 2.54. The van der Waals surface area contributed by atoms with E-state index >= 15 is 0 Å². The highest BCUT2D eigenvalue weighted by Crippen LogP contribution is 2.34. The lowest BCUT2D eigenvalue weighted by Gasteiger charge is -2.49. The number of carboxylic acid groups (broad SMARTS) is 3. The van der Waals surface area contributed by atoms with Crippen molar-refractivity contribution in [3.8, 4) is 0 Å². The minimum absolute atomic E-state index is 0.0693. The van der Waals surface area contributed by atoms with Crippen LogP contribution in [0.5, 0.6) is 0 Å². The van der Waals surface area contributed by atoms with E-state index in [1.807, 2.05) is 0 Å². The van der Waals surface area contributed by atoms with Gasteiger partial charge in [-0.2, -0.15) is 0 Å². The Morgan fingerprint density at radius 3 is 1.25 bits per heavy atom. The summed E-state index contributed by atoms with van der Waals surface area (Å²) in [7, 11) is 0. The number of aliphatic hydroxyl groups excluding tert-OH is 7. The van der Waals surface area contributed by atoms with E-state index in [-0.39, 0.29) is 82.5 Å². The Kier molecular flexibility index (Phi) is 41.4. The van der Waals surface area contributed by atoms with Crippen molar-refractivity contribution < 1.29 is 161 Å². The van der Waals surface area contributed by atoms with Crippen LogP contribution < -0.4 is 31.9 Å². The molecule has 0 spiro atoms. The van der Waals surface area contributed by atoms with Crippen molar-refractivity contribution in [3.05, 3.63) is 0 Å². The first-order valence-electron chi connectivity index (χ1n) is 34.2. The molecule has 3 aliphatic heterocycles. The van der Waals surface area contributed by atoms with Crippen LogP contribution in [0.1, 0.15) is 124 Å². The number of carbonyl (C=O) groups excluding carboxylic acids is 14. The number of carbonyl (C=O) groups is 17. The maximum Gasteiger partial charge on any atom is 0.323 e. The zero-order valence-corrected chi connectivity index (χ0v) is 59.0. The normalized spacial score (nSPS) is 23.3. The maximum absolute atomic E-state index is 13.0. The number of amides is 9. The van der Waals surface area contributed by atoms with Crippen LogP contribution in [0.15, 0.2) is 0 Å². The molecular formula is C64H99N9O33. The Hall–Kier alpha value is -8.53. The predicted octanol–water partition coefficient (Wildman–Crippen LogP) is -8.31. The number of aliphatic hydroxyl groups is 7. The summed E-state index contributed by atoms with van der Waals surface area (Å²) in [4.78, 5) is 212. The van der Waals surface area contributed by atoms with Gasteiger partial charge in [0.1, 0.15) is 99.9 Å². The molecule has 0 aliphatic carbocycles. The highest BCUT2D eigenvalue weighted by atomic mass is 16.8. The second kappa shape index (κ2) is 47.9. The highest BCUT2D eigenvalue weighted by molar-refractivity contribution is 5.96. The van der Waals surface area contributed by atoms with Gasteiger partial charge in [-0.1, -0.05) is 0 Å². The van der Waals surface area contributed by atoms with Gasteiger partial charge in [-0.05, 0) is 39.5 Å². The summed E-state index contributed by atoms with van der Waals surface area (Å²) in [5, 5.41) is 116. The van der Waals surface area contributed by atoms with Crippen molar-refractivity contribution in [1.29, 1.82) is 0 Å². The number of carboxylic acids is 3. The van der Waals surface area contributed by atoms with Gasteiger partial charge in [-0.3, -0.25) is 81.5 Å². The predicted molar refractivity (Wildman–Crippen MR) is 351 cm³/mol. The molecule has 3 fully saturated rings. The maximum atomic E-state index is 13.0. The number of unbranched alkanes of at least 4 members (excludes halogenated alkanes) is 2. The van der Waals surface area contributed by atoms with Crippen molar-refractivity contribution >= 4 is 100.0 Å². The molecule has 0 radical (unpaired) electrons. The van der Waals surface area contributed by atoms with Gasteiger partial charge in [0.2, 0.25) is 53.2 Å². The van der Waals surface area contributed by atoms with E-state index in [4.69, 9.17) is 28.4 Å². The molecule has 0 bridgehead atoms. The molecule has 3 heterocycles. The Bertz CT molecular complexity index is 3020. The molecule has 0 aromatic heterocycles. The van der Waals surface area contributed by atoms with E-state index in [1.54, 1.807) is 6.92 Å². The van der Waals surface area contributed by atoms with E-state index in [2.05, 4.69) is 31.9 Å². The van der Waals surface area contributed by atoms with Crippen LogP contribution in [-0.4, -0.2) is 344 Å². The van der Waals surface area contributed by atoms with Crippen LogP contribution >= 0.6 is 0 Å².